The third kappa shape index (κ3) is 5.04. The number of rotatable bonds is 5. The second-order valence-electron chi connectivity index (χ2n) is 5.95. The summed E-state index contributed by atoms with van der Waals surface area (Å²) in [7, 11) is 0. The first kappa shape index (κ1) is 16.5. The molecule has 1 amide bonds. The lowest BCUT2D eigenvalue weighted by Gasteiger charge is -2.28. The van der Waals surface area contributed by atoms with Crippen LogP contribution in [0.5, 0.6) is 0 Å². The van der Waals surface area contributed by atoms with Crippen molar-refractivity contribution in [3.63, 3.8) is 0 Å². The monoisotopic (exact) mass is 347 g/mol. The largest absolute Gasteiger partial charge is 0.353 e. The number of aromatic nitrogens is 2. The Labute approximate surface area is 145 Å². The predicted octanol–water partition coefficient (Wildman–Crippen LogP) is 3.61. The van der Waals surface area contributed by atoms with Gasteiger partial charge < -0.3 is 5.32 Å². The van der Waals surface area contributed by atoms with Gasteiger partial charge in [-0.2, -0.15) is 0 Å². The van der Waals surface area contributed by atoms with Crippen LogP contribution >= 0.6 is 23.1 Å². The van der Waals surface area contributed by atoms with Crippen LogP contribution in [0, 0.1) is 6.92 Å². The van der Waals surface area contributed by atoms with E-state index in [-0.39, 0.29) is 5.91 Å². The van der Waals surface area contributed by atoms with Crippen LogP contribution in [-0.4, -0.2) is 27.2 Å². The minimum absolute atomic E-state index is 0.102. The molecule has 2 heterocycles. The number of pyridine rings is 1. The molecule has 0 saturated heterocycles. The molecule has 0 radical (unpaired) electrons. The summed E-state index contributed by atoms with van der Waals surface area (Å²) in [5, 5.41) is 5.90. The number of carbonyl (C=O) groups excluding carboxylic acids is 1. The zero-order valence-corrected chi connectivity index (χ0v) is 14.8. The minimum atomic E-state index is 0.102. The maximum Gasteiger partial charge on any atom is 0.224 e. The highest BCUT2D eigenvalue weighted by atomic mass is 32.2. The van der Waals surface area contributed by atoms with Gasteiger partial charge in [-0.05, 0) is 44.2 Å². The lowest BCUT2D eigenvalue weighted by Crippen LogP contribution is -2.38. The molecule has 1 N–H and O–H groups in total. The molecule has 4 nitrogen and oxygen atoms in total. The Kier molecular flexibility index (Phi) is 5.67. The first-order valence-corrected chi connectivity index (χ1v) is 9.72. The lowest BCUT2D eigenvalue weighted by atomic mass is 9.95. The zero-order valence-electron chi connectivity index (χ0n) is 13.2. The van der Waals surface area contributed by atoms with E-state index in [9.17, 15) is 4.79 Å². The van der Waals surface area contributed by atoms with Crippen molar-refractivity contribution in [1.82, 2.24) is 15.3 Å². The third-order valence-electron chi connectivity index (χ3n) is 3.99. The number of thioether (sulfide) groups is 1. The lowest BCUT2D eigenvalue weighted by molar-refractivity contribution is -0.121. The molecule has 0 aromatic carbocycles. The van der Waals surface area contributed by atoms with E-state index in [1.807, 2.05) is 30.8 Å². The summed E-state index contributed by atoms with van der Waals surface area (Å²) in [6.45, 7) is 2.04. The van der Waals surface area contributed by atoms with E-state index in [4.69, 9.17) is 0 Å². The van der Waals surface area contributed by atoms with Gasteiger partial charge in [-0.25, -0.2) is 4.98 Å². The molecule has 0 aliphatic heterocycles. The number of carbonyl (C=O) groups is 1. The van der Waals surface area contributed by atoms with Crippen molar-refractivity contribution >= 4 is 29.0 Å². The van der Waals surface area contributed by atoms with Crippen LogP contribution in [-0.2, 0) is 11.2 Å². The Hall–Kier alpha value is -1.40. The molecule has 2 aromatic heterocycles. The SMILES string of the molecule is Cc1csc(SC2CCC(NC(=O)Cc3cccnc3)CC2)n1. The number of thiazole rings is 1. The van der Waals surface area contributed by atoms with Crippen LogP contribution < -0.4 is 5.32 Å². The summed E-state index contributed by atoms with van der Waals surface area (Å²) in [5.41, 5.74) is 2.07. The zero-order chi connectivity index (χ0) is 16.1. The molecule has 0 spiro atoms. The van der Waals surface area contributed by atoms with Crippen LogP contribution in [0.2, 0.25) is 0 Å². The third-order valence-corrected chi connectivity index (χ3v) is 6.42. The van der Waals surface area contributed by atoms with Crippen LogP contribution in [0.15, 0.2) is 34.2 Å². The van der Waals surface area contributed by atoms with Gasteiger partial charge >= 0.3 is 0 Å². The van der Waals surface area contributed by atoms with Crippen LogP contribution in [0.1, 0.15) is 36.9 Å². The maximum atomic E-state index is 12.1. The molecule has 23 heavy (non-hydrogen) atoms. The summed E-state index contributed by atoms with van der Waals surface area (Å²) in [6, 6.07) is 4.12. The minimum Gasteiger partial charge on any atom is -0.353 e. The van der Waals surface area contributed by atoms with Crippen molar-refractivity contribution in [1.29, 1.82) is 0 Å². The van der Waals surface area contributed by atoms with Crippen molar-refractivity contribution in [2.75, 3.05) is 0 Å². The van der Waals surface area contributed by atoms with Crippen molar-refractivity contribution in [2.45, 2.75) is 54.7 Å². The van der Waals surface area contributed by atoms with Gasteiger partial charge in [0.15, 0.2) is 0 Å². The Morgan fingerprint density at radius 2 is 2.22 bits per heavy atom. The molecule has 6 heteroatoms. The molecule has 1 aliphatic carbocycles. The number of hydrogen-bond donors (Lipinski definition) is 1. The Balaban J connectivity index is 1.41. The molecule has 1 saturated carbocycles. The van der Waals surface area contributed by atoms with Crippen LogP contribution in [0.25, 0.3) is 0 Å². The highest BCUT2D eigenvalue weighted by Gasteiger charge is 2.23. The second kappa shape index (κ2) is 7.93. The van der Waals surface area contributed by atoms with E-state index in [2.05, 4.69) is 20.7 Å². The fourth-order valence-electron chi connectivity index (χ4n) is 2.82. The Bertz CT molecular complexity index is 636. The molecular formula is C17H21N3OS2. The van der Waals surface area contributed by atoms with Gasteiger partial charge in [-0.15, -0.1) is 11.3 Å². The predicted molar refractivity (Wildman–Crippen MR) is 94.8 cm³/mol. The topological polar surface area (TPSA) is 54.9 Å². The summed E-state index contributed by atoms with van der Waals surface area (Å²) in [6.07, 6.45) is 8.29. The molecule has 122 valence electrons. The van der Waals surface area contributed by atoms with Crippen LogP contribution in [0.4, 0.5) is 0 Å². The highest BCUT2D eigenvalue weighted by Crippen LogP contribution is 2.35. The maximum absolute atomic E-state index is 12.1. The first-order chi connectivity index (χ1) is 11.2. The summed E-state index contributed by atoms with van der Waals surface area (Å²) >= 11 is 3.63. The van der Waals surface area contributed by atoms with Gasteiger partial charge in [-0.1, -0.05) is 17.8 Å². The smallest absolute Gasteiger partial charge is 0.224 e. The molecule has 1 fully saturated rings. The molecule has 2 aromatic rings. The van der Waals surface area contributed by atoms with Gasteiger partial charge in [0, 0.05) is 34.8 Å². The van der Waals surface area contributed by atoms with Crippen molar-refractivity contribution in [3.05, 3.63) is 41.2 Å². The fraction of sp³-hybridized carbons (Fsp3) is 0.471. The fourth-order valence-corrected chi connectivity index (χ4v) is 5.11. The van der Waals surface area contributed by atoms with E-state index >= 15 is 0 Å². The molecule has 0 bridgehead atoms. The van der Waals surface area contributed by atoms with E-state index in [1.165, 1.54) is 4.34 Å². The number of nitrogens with one attached hydrogen (secondary N) is 1. The van der Waals surface area contributed by atoms with Crippen molar-refractivity contribution in [3.8, 4) is 0 Å². The van der Waals surface area contributed by atoms with Crippen molar-refractivity contribution in [2.24, 2.45) is 0 Å². The number of nitrogens with zero attached hydrogens (tertiary/aromatic N) is 2. The van der Waals surface area contributed by atoms with Gasteiger partial charge in [0.25, 0.3) is 0 Å². The van der Waals surface area contributed by atoms with Gasteiger partial charge in [-0.3, -0.25) is 9.78 Å². The molecule has 3 rings (SSSR count). The molecule has 0 unspecified atom stereocenters. The quantitative estimate of drug-likeness (QED) is 0.898. The Morgan fingerprint density at radius 1 is 1.39 bits per heavy atom. The number of amides is 1. The normalized spacial score (nSPS) is 21.1. The summed E-state index contributed by atoms with van der Waals surface area (Å²) < 4.78 is 1.17. The van der Waals surface area contributed by atoms with Gasteiger partial charge in [0.2, 0.25) is 5.91 Å². The standard InChI is InChI=1S/C17H21N3OS2/c1-12-11-22-17(19-12)23-15-6-4-14(5-7-15)20-16(21)9-13-3-2-8-18-10-13/h2-3,8,10-11,14-15H,4-7,9H2,1H3,(H,20,21). The van der Waals surface area contributed by atoms with Gasteiger partial charge in [0.1, 0.15) is 4.34 Å². The number of aryl methyl sites for hydroxylation is 1. The van der Waals surface area contributed by atoms with Crippen molar-refractivity contribution < 1.29 is 4.79 Å². The molecule has 0 atom stereocenters. The van der Waals surface area contributed by atoms with E-state index in [1.54, 1.807) is 23.7 Å². The summed E-state index contributed by atoms with van der Waals surface area (Å²) in [5.74, 6) is 0.102. The van der Waals surface area contributed by atoms with Crippen LogP contribution in [0.3, 0.4) is 0 Å². The Morgan fingerprint density at radius 3 is 2.87 bits per heavy atom. The first-order valence-electron chi connectivity index (χ1n) is 7.96. The molecule has 1 aliphatic rings. The second-order valence-corrected chi connectivity index (χ2v) is 8.36. The number of hydrogen-bond acceptors (Lipinski definition) is 5. The van der Waals surface area contributed by atoms with E-state index in [0.717, 1.165) is 36.9 Å². The highest BCUT2D eigenvalue weighted by molar-refractivity contribution is 8.01. The average Bonchev–Trinajstić information content (AvgIpc) is 2.95. The summed E-state index contributed by atoms with van der Waals surface area (Å²) in [4.78, 5) is 20.7. The molecular weight excluding hydrogens is 326 g/mol. The average molecular weight is 348 g/mol. The van der Waals surface area contributed by atoms with E-state index in [0.29, 0.717) is 17.7 Å². The van der Waals surface area contributed by atoms with E-state index < -0.39 is 0 Å². The van der Waals surface area contributed by atoms with Gasteiger partial charge in [0.05, 0.1) is 6.42 Å².